The van der Waals surface area contributed by atoms with Crippen molar-refractivity contribution in [3.63, 3.8) is 0 Å². The van der Waals surface area contributed by atoms with Crippen molar-refractivity contribution in [3.8, 4) is 28.6 Å². The highest BCUT2D eigenvalue weighted by atomic mass is 16.5. The number of nitrogens with zero attached hydrogens (tertiary/aromatic N) is 3. The van der Waals surface area contributed by atoms with Gasteiger partial charge in [0.1, 0.15) is 29.2 Å². The fraction of sp³-hybridized carbons (Fsp3) is 0.333. The number of methoxy groups -OCH3 is 1. The molecule has 208 valence electrons. The minimum absolute atomic E-state index is 0.0383. The number of imidazole rings is 1. The average molecular weight is 544 g/mol. The van der Waals surface area contributed by atoms with Gasteiger partial charge in [-0.25, -0.2) is 9.97 Å². The maximum Gasteiger partial charge on any atom is 0.253 e. The molecule has 3 heterocycles. The highest BCUT2D eigenvalue weighted by Crippen LogP contribution is 2.33. The molecule has 0 radical (unpaired) electrons. The molecule has 2 aromatic heterocycles. The summed E-state index contributed by atoms with van der Waals surface area (Å²) in [5.74, 6) is 2.33. The molecule has 2 aromatic carbocycles. The number of amides is 2. The van der Waals surface area contributed by atoms with Crippen molar-refractivity contribution in [2.45, 2.75) is 25.9 Å². The summed E-state index contributed by atoms with van der Waals surface area (Å²) in [4.78, 5) is 39.0. The maximum atomic E-state index is 13.0. The number of likely N-dealkylation sites (tertiary alicyclic amines) is 1. The highest BCUT2D eigenvalue weighted by molar-refractivity contribution is 5.94. The molecule has 2 N–H and O–H groups in total. The molecular weight excluding hydrogens is 510 g/mol. The van der Waals surface area contributed by atoms with E-state index < -0.39 is 0 Å². The third kappa shape index (κ3) is 6.23. The third-order valence-corrected chi connectivity index (χ3v) is 6.89. The summed E-state index contributed by atoms with van der Waals surface area (Å²) in [6.45, 7) is 3.49. The number of aromatic amines is 1. The van der Waals surface area contributed by atoms with Gasteiger partial charge in [-0.2, -0.15) is 0 Å². The zero-order valence-corrected chi connectivity index (χ0v) is 22.8. The number of aromatic nitrogens is 3. The van der Waals surface area contributed by atoms with E-state index in [4.69, 9.17) is 14.2 Å². The van der Waals surface area contributed by atoms with E-state index in [0.29, 0.717) is 66.8 Å². The molecule has 1 aliphatic rings. The summed E-state index contributed by atoms with van der Waals surface area (Å²) in [6.07, 6.45) is 2.86. The van der Waals surface area contributed by atoms with E-state index in [2.05, 4.69) is 20.3 Å². The van der Waals surface area contributed by atoms with Crippen molar-refractivity contribution in [3.05, 3.63) is 66.4 Å². The normalized spacial score (nSPS) is 14.6. The second kappa shape index (κ2) is 12.2. The molecular formula is C30H33N5O5. The van der Waals surface area contributed by atoms with E-state index in [-0.39, 0.29) is 23.8 Å². The molecule has 5 rings (SSSR count). The molecule has 0 bridgehead atoms. The molecule has 4 aromatic rings. The van der Waals surface area contributed by atoms with Crippen LogP contribution in [0.5, 0.6) is 17.2 Å². The summed E-state index contributed by atoms with van der Waals surface area (Å²) in [7, 11) is 3.28. The van der Waals surface area contributed by atoms with Gasteiger partial charge in [0.05, 0.1) is 12.1 Å². The van der Waals surface area contributed by atoms with Crippen molar-refractivity contribution in [1.29, 1.82) is 0 Å². The molecule has 1 unspecified atom stereocenters. The Kier molecular flexibility index (Phi) is 8.26. The molecule has 1 atom stereocenters. The Morgan fingerprint density at radius 2 is 1.82 bits per heavy atom. The molecule has 10 nitrogen and oxygen atoms in total. The monoisotopic (exact) mass is 543 g/mol. The van der Waals surface area contributed by atoms with Crippen LogP contribution in [0.4, 0.5) is 0 Å². The van der Waals surface area contributed by atoms with E-state index in [1.165, 1.54) is 0 Å². The van der Waals surface area contributed by atoms with E-state index in [9.17, 15) is 9.59 Å². The lowest BCUT2D eigenvalue weighted by Gasteiger charge is -2.31. The number of piperidine rings is 1. The third-order valence-electron chi connectivity index (χ3n) is 6.89. The standard InChI is InChI=1S/C30H33N5O5/c1-19(18-38-3)39-24-15-22(27-33-26-5-4-12-32-28(26)34-27)16-25(17-24)40-23-8-6-21(7-9-23)30(37)35-13-10-20(11-14-35)29(36)31-2/h4-9,12,15-17,19-20H,10-11,13-14,18H2,1-3H3,(H,31,36)(H,32,33,34). The minimum atomic E-state index is -0.169. The second-order valence-electron chi connectivity index (χ2n) is 9.84. The van der Waals surface area contributed by atoms with Crippen LogP contribution in [0.3, 0.4) is 0 Å². The number of carbonyl (C=O) groups excluding carboxylic acids is 2. The van der Waals surface area contributed by atoms with Gasteiger partial charge in [-0.05, 0) is 68.3 Å². The van der Waals surface area contributed by atoms with Crippen molar-refractivity contribution in [2.75, 3.05) is 33.9 Å². The Balaban J connectivity index is 1.33. The number of hydrogen-bond donors (Lipinski definition) is 2. The van der Waals surface area contributed by atoms with Gasteiger partial charge in [-0.15, -0.1) is 0 Å². The number of fused-ring (bicyclic) bond motifs is 1. The highest BCUT2D eigenvalue weighted by Gasteiger charge is 2.27. The van der Waals surface area contributed by atoms with Crippen LogP contribution < -0.4 is 14.8 Å². The summed E-state index contributed by atoms with van der Waals surface area (Å²) in [6, 6.07) is 16.4. The van der Waals surface area contributed by atoms with Crippen LogP contribution in [-0.4, -0.2) is 71.6 Å². The van der Waals surface area contributed by atoms with Gasteiger partial charge >= 0.3 is 0 Å². The number of hydrogen-bond acceptors (Lipinski definition) is 7. The number of pyridine rings is 1. The largest absolute Gasteiger partial charge is 0.488 e. The van der Waals surface area contributed by atoms with Crippen molar-refractivity contribution in [2.24, 2.45) is 5.92 Å². The maximum absolute atomic E-state index is 13.0. The van der Waals surface area contributed by atoms with Gasteiger partial charge in [0, 0.05) is 56.6 Å². The van der Waals surface area contributed by atoms with E-state index in [1.807, 2.05) is 37.3 Å². The molecule has 2 amide bonds. The Labute approximate surface area is 232 Å². The first-order chi connectivity index (χ1) is 19.4. The zero-order chi connectivity index (χ0) is 28.1. The SMILES string of the molecule is CNC(=O)C1CCN(C(=O)c2ccc(Oc3cc(OC(C)COC)cc(-c4nc5ncccc5[nH]4)c3)cc2)CC1. The van der Waals surface area contributed by atoms with Crippen LogP contribution in [0, 0.1) is 5.92 Å². The smallest absolute Gasteiger partial charge is 0.253 e. The number of benzene rings is 2. The van der Waals surface area contributed by atoms with Crippen LogP contribution >= 0.6 is 0 Å². The molecule has 10 heteroatoms. The van der Waals surface area contributed by atoms with Crippen LogP contribution in [-0.2, 0) is 9.53 Å². The number of carbonyl (C=O) groups is 2. The van der Waals surface area contributed by atoms with Gasteiger partial charge in [0.25, 0.3) is 5.91 Å². The topological polar surface area (TPSA) is 119 Å². The Bertz CT molecular complexity index is 1440. The van der Waals surface area contributed by atoms with E-state index in [1.54, 1.807) is 49.5 Å². The molecule has 1 saturated heterocycles. The van der Waals surface area contributed by atoms with Gasteiger partial charge in [0.2, 0.25) is 5.91 Å². The Morgan fingerprint density at radius 1 is 1.07 bits per heavy atom. The van der Waals surface area contributed by atoms with Crippen molar-refractivity contribution >= 4 is 23.0 Å². The average Bonchev–Trinajstić information content (AvgIpc) is 3.41. The van der Waals surface area contributed by atoms with Crippen LogP contribution in [0.15, 0.2) is 60.8 Å². The molecule has 0 aliphatic carbocycles. The number of nitrogens with one attached hydrogen (secondary N) is 2. The summed E-state index contributed by atoms with van der Waals surface area (Å²) < 4.78 is 17.5. The minimum Gasteiger partial charge on any atom is -0.488 e. The van der Waals surface area contributed by atoms with Gasteiger partial charge in [0.15, 0.2) is 5.65 Å². The van der Waals surface area contributed by atoms with E-state index >= 15 is 0 Å². The molecule has 1 fully saturated rings. The molecule has 1 aliphatic heterocycles. The molecule has 40 heavy (non-hydrogen) atoms. The van der Waals surface area contributed by atoms with Gasteiger partial charge in [-0.3, -0.25) is 9.59 Å². The Morgan fingerprint density at radius 3 is 2.52 bits per heavy atom. The first-order valence-corrected chi connectivity index (χ1v) is 13.3. The second-order valence-corrected chi connectivity index (χ2v) is 9.84. The van der Waals surface area contributed by atoms with Gasteiger partial charge in [-0.1, -0.05) is 0 Å². The number of H-pyrrole nitrogens is 1. The summed E-state index contributed by atoms with van der Waals surface area (Å²) in [5.41, 5.74) is 2.81. The van der Waals surface area contributed by atoms with Gasteiger partial charge < -0.3 is 29.4 Å². The fourth-order valence-electron chi connectivity index (χ4n) is 4.85. The molecule has 0 spiro atoms. The first-order valence-electron chi connectivity index (χ1n) is 13.3. The molecule has 0 saturated carbocycles. The fourth-order valence-corrected chi connectivity index (χ4v) is 4.85. The Hall–Kier alpha value is -4.44. The lowest BCUT2D eigenvalue weighted by Crippen LogP contribution is -2.42. The quantitative estimate of drug-likeness (QED) is 0.321. The lowest BCUT2D eigenvalue weighted by atomic mass is 9.95. The van der Waals surface area contributed by atoms with Crippen LogP contribution in [0.2, 0.25) is 0 Å². The zero-order valence-electron chi connectivity index (χ0n) is 22.8. The lowest BCUT2D eigenvalue weighted by molar-refractivity contribution is -0.125. The summed E-state index contributed by atoms with van der Waals surface area (Å²) in [5, 5.41) is 2.70. The van der Waals surface area contributed by atoms with Crippen molar-refractivity contribution in [1.82, 2.24) is 25.2 Å². The predicted octanol–water partition coefficient (Wildman–Crippen LogP) is 4.43. The van der Waals surface area contributed by atoms with Crippen LogP contribution in [0.1, 0.15) is 30.1 Å². The van der Waals surface area contributed by atoms with Crippen LogP contribution in [0.25, 0.3) is 22.6 Å². The van der Waals surface area contributed by atoms with E-state index in [0.717, 1.165) is 11.1 Å². The predicted molar refractivity (Wildman–Crippen MR) is 151 cm³/mol. The number of ether oxygens (including phenoxy) is 3. The summed E-state index contributed by atoms with van der Waals surface area (Å²) >= 11 is 0. The number of rotatable bonds is 9. The first kappa shape index (κ1) is 27.1. The van der Waals surface area contributed by atoms with Crippen molar-refractivity contribution < 1.29 is 23.8 Å².